The maximum atomic E-state index is 5.73. The Bertz CT molecular complexity index is 1210. The van der Waals surface area contributed by atoms with Crippen molar-refractivity contribution in [1.82, 2.24) is 10.6 Å². The minimum atomic E-state index is 0.178. The van der Waals surface area contributed by atoms with E-state index in [0.717, 1.165) is 29.7 Å². The van der Waals surface area contributed by atoms with Gasteiger partial charge in [-0.3, -0.25) is 4.99 Å². The second kappa shape index (κ2) is 16.0. The van der Waals surface area contributed by atoms with Gasteiger partial charge in [0.05, 0.1) is 11.4 Å². The second-order valence-corrected chi connectivity index (χ2v) is 8.88. The molecule has 6 nitrogen and oxygen atoms in total. The van der Waals surface area contributed by atoms with Crippen molar-refractivity contribution >= 4 is 17.5 Å². The number of nitrogens with two attached hydrogens (primary N) is 1. The first-order valence-corrected chi connectivity index (χ1v) is 13.1. The molecule has 0 unspecified atom stereocenters. The monoisotopic (exact) mass is 514 g/mol. The molecule has 38 heavy (non-hydrogen) atoms. The van der Waals surface area contributed by atoms with Crippen LogP contribution in [0.2, 0.25) is 0 Å². The van der Waals surface area contributed by atoms with E-state index in [9.17, 15) is 0 Å². The lowest BCUT2D eigenvalue weighted by atomic mass is 9.84. The third-order valence-corrected chi connectivity index (χ3v) is 6.10. The van der Waals surface area contributed by atoms with Crippen LogP contribution in [0.15, 0.2) is 122 Å². The Morgan fingerprint density at radius 1 is 1.13 bits per heavy atom. The van der Waals surface area contributed by atoms with Crippen LogP contribution in [0.1, 0.15) is 54.9 Å². The first-order valence-electron chi connectivity index (χ1n) is 13.1. The average molecular weight is 515 g/mol. The van der Waals surface area contributed by atoms with E-state index in [1.54, 1.807) is 14.0 Å². The molecule has 204 valence electrons. The molecule has 0 heterocycles. The van der Waals surface area contributed by atoms with E-state index in [1.807, 2.05) is 40.7 Å². The van der Waals surface area contributed by atoms with Crippen molar-refractivity contribution in [1.29, 1.82) is 0 Å². The summed E-state index contributed by atoms with van der Waals surface area (Å²) in [6, 6.07) is 0. The maximum Gasteiger partial charge on any atom is 0.216 e. The van der Waals surface area contributed by atoms with Gasteiger partial charge in [-0.05, 0) is 75.0 Å². The normalized spacial score (nSPS) is 17.7. The predicted octanol–water partition coefficient (Wildman–Crippen LogP) is 6.63. The van der Waals surface area contributed by atoms with E-state index in [0.29, 0.717) is 23.8 Å². The molecular formula is C32H46N6. The molecule has 0 amide bonds. The number of hydrogen-bond acceptors (Lipinski definition) is 3. The van der Waals surface area contributed by atoms with Crippen LogP contribution in [0.5, 0.6) is 0 Å². The standard InChI is InChI=1S/C30H40N6.C2H6/c1-10-27-21(5)22(6)29(27)34-18-26-13-11-12-25(14-15-26)17-33-23(7)28(16-20(4)19(2)3)35-24(8)36-30(31)32-9;1-2/h10-14,16,33-34H,2,5,7,15,17-18H2,1,3-4,6,8-9H3,(H2,31,32);1-2H3/b20-16+,27-10-,35-28+,36-24+;. The minimum Gasteiger partial charge on any atom is -0.381 e. The number of allylic oxidation sites excluding steroid dienone is 9. The highest BCUT2D eigenvalue weighted by Gasteiger charge is 2.23. The Labute approximate surface area is 230 Å². The van der Waals surface area contributed by atoms with Crippen LogP contribution in [-0.4, -0.2) is 37.6 Å². The fourth-order valence-electron chi connectivity index (χ4n) is 3.59. The van der Waals surface area contributed by atoms with Crippen LogP contribution in [0.3, 0.4) is 0 Å². The zero-order valence-corrected chi connectivity index (χ0v) is 24.6. The maximum absolute atomic E-state index is 5.73. The summed E-state index contributed by atoms with van der Waals surface area (Å²) in [5, 5.41) is 6.98. The van der Waals surface area contributed by atoms with Crippen molar-refractivity contribution in [3.8, 4) is 0 Å². The molecular weight excluding hydrogens is 468 g/mol. The van der Waals surface area contributed by atoms with Crippen molar-refractivity contribution in [2.24, 2.45) is 20.7 Å². The molecule has 0 aromatic rings. The molecule has 0 atom stereocenters. The lowest BCUT2D eigenvalue weighted by Crippen LogP contribution is -2.26. The summed E-state index contributed by atoms with van der Waals surface area (Å²) in [6.45, 7) is 27.7. The molecule has 0 spiro atoms. The molecule has 6 heteroatoms. The lowest BCUT2D eigenvalue weighted by molar-refractivity contribution is 0.828. The van der Waals surface area contributed by atoms with Gasteiger partial charge in [-0.25, -0.2) is 4.99 Å². The number of nitrogens with zero attached hydrogens (tertiary/aromatic N) is 3. The van der Waals surface area contributed by atoms with Crippen molar-refractivity contribution in [2.75, 3.05) is 20.1 Å². The Balaban J connectivity index is 0.00000352. The average Bonchev–Trinajstić information content (AvgIpc) is 3.14. The number of aliphatic imine (C=N–C) groups is 3. The summed E-state index contributed by atoms with van der Waals surface area (Å²) in [6.07, 6.45) is 13.6. The molecule has 2 aliphatic rings. The molecule has 0 aromatic carbocycles. The molecule has 0 saturated heterocycles. The SMILES string of the molecule is C=C1C(C)=C(NCC2=CC=CC(CNC(=C)C(/C=C(\C)C(=C)C)=N/C(C)=N/C(N)=NC)=CC2)/C1=C\C.CC. The molecule has 0 aliphatic heterocycles. The van der Waals surface area contributed by atoms with Gasteiger partial charge in [0.2, 0.25) is 5.96 Å². The van der Waals surface area contributed by atoms with Crippen molar-refractivity contribution in [3.63, 3.8) is 0 Å². The van der Waals surface area contributed by atoms with Crippen LogP contribution >= 0.6 is 0 Å². The van der Waals surface area contributed by atoms with Crippen molar-refractivity contribution < 1.29 is 0 Å². The highest BCUT2D eigenvalue weighted by Crippen LogP contribution is 2.36. The van der Waals surface area contributed by atoms with E-state index in [1.165, 1.54) is 28.0 Å². The molecule has 0 saturated carbocycles. The van der Waals surface area contributed by atoms with Crippen LogP contribution < -0.4 is 16.4 Å². The first kappa shape index (κ1) is 32.1. The molecule has 4 N–H and O–H groups in total. The van der Waals surface area contributed by atoms with Crippen molar-refractivity contribution in [3.05, 3.63) is 107 Å². The molecule has 0 bridgehead atoms. The fraction of sp³-hybridized carbons (Fsp3) is 0.344. The quantitative estimate of drug-likeness (QED) is 0.183. The topological polar surface area (TPSA) is 87.2 Å². The molecule has 2 aliphatic carbocycles. The highest BCUT2D eigenvalue weighted by atomic mass is 15.1. The van der Waals surface area contributed by atoms with E-state index < -0.39 is 0 Å². The van der Waals surface area contributed by atoms with Gasteiger partial charge in [0, 0.05) is 31.4 Å². The fourth-order valence-corrected chi connectivity index (χ4v) is 3.59. The second-order valence-electron chi connectivity index (χ2n) is 8.88. The number of guanidine groups is 1. The van der Waals surface area contributed by atoms with E-state index in [4.69, 9.17) is 5.73 Å². The van der Waals surface area contributed by atoms with E-state index >= 15 is 0 Å². The summed E-state index contributed by atoms with van der Waals surface area (Å²) < 4.78 is 0. The Hall–Kier alpha value is -3.93. The van der Waals surface area contributed by atoms with Crippen molar-refractivity contribution in [2.45, 2.75) is 54.9 Å². The zero-order chi connectivity index (χ0) is 28.8. The van der Waals surface area contributed by atoms with Gasteiger partial charge in [0.15, 0.2) is 0 Å². The van der Waals surface area contributed by atoms with Gasteiger partial charge in [-0.15, -0.1) is 0 Å². The van der Waals surface area contributed by atoms with Gasteiger partial charge < -0.3 is 16.4 Å². The minimum absolute atomic E-state index is 0.178. The van der Waals surface area contributed by atoms with Crippen LogP contribution in [0.25, 0.3) is 0 Å². The highest BCUT2D eigenvalue weighted by molar-refractivity contribution is 6.14. The van der Waals surface area contributed by atoms with E-state index in [-0.39, 0.29) is 5.96 Å². The molecule has 0 aromatic heterocycles. The van der Waals surface area contributed by atoms with Crippen LogP contribution in [0.4, 0.5) is 0 Å². The van der Waals surface area contributed by atoms with Gasteiger partial charge in [-0.1, -0.05) is 69.5 Å². The summed E-state index contributed by atoms with van der Waals surface area (Å²) in [7, 11) is 1.59. The third-order valence-electron chi connectivity index (χ3n) is 6.10. The molecule has 0 fully saturated rings. The number of nitrogens with one attached hydrogen (secondary N) is 2. The summed E-state index contributed by atoms with van der Waals surface area (Å²) >= 11 is 0. The summed E-state index contributed by atoms with van der Waals surface area (Å²) in [5.41, 5.74) is 16.3. The summed E-state index contributed by atoms with van der Waals surface area (Å²) in [5.74, 6) is 0.676. The lowest BCUT2D eigenvalue weighted by Gasteiger charge is -2.29. The van der Waals surface area contributed by atoms with E-state index in [2.05, 4.69) is 82.7 Å². The van der Waals surface area contributed by atoms with Gasteiger partial charge >= 0.3 is 0 Å². The predicted molar refractivity (Wildman–Crippen MR) is 169 cm³/mol. The van der Waals surface area contributed by atoms with Gasteiger partial charge in [0.25, 0.3) is 0 Å². The zero-order valence-electron chi connectivity index (χ0n) is 24.6. The third kappa shape index (κ3) is 9.51. The molecule has 2 rings (SSSR count). The number of rotatable bonds is 9. The Kier molecular flexibility index (Phi) is 13.5. The molecule has 0 radical (unpaired) electrons. The largest absolute Gasteiger partial charge is 0.381 e. The smallest absolute Gasteiger partial charge is 0.216 e. The first-order chi connectivity index (χ1) is 18.1. The number of hydrogen-bond donors (Lipinski definition) is 3. The van der Waals surface area contributed by atoms with Crippen LogP contribution in [0, 0.1) is 0 Å². The Morgan fingerprint density at radius 3 is 2.42 bits per heavy atom. The van der Waals surface area contributed by atoms with Gasteiger partial charge in [-0.2, -0.15) is 4.99 Å². The summed E-state index contributed by atoms with van der Waals surface area (Å²) in [4.78, 5) is 12.7. The number of amidine groups is 1. The van der Waals surface area contributed by atoms with Gasteiger partial charge in [0.1, 0.15) is 5.84 Å². The Morgan fingerprint density at radius 2 is 1.82 bits per heavy atom. The van der Waals surface area contributed by atoms with Crippen LogP contribution in [-0.2, 0) is 0 Å².